The van der Waals surface area contributed by atoms with Crippen molar-refractivity contribution in [2.45, 2.75) is 64.8 Å². The van der Waals surface area contributed by atoms with Crippen LogP contribution in [0.3, 0.4) is 0 Å². The number of likely N-dealkylation sites (tertiary alicyclic amines) is 1. The zero-order chi connectivity index (χ0) is 12.8. The molecule has 1 N–H and O–H groups in total. The highest BCUT2D eigenvalue weighted by molar-refractivity contribution is 4.79. The summed E-state index contributed by atoms with van der Waals surface area (Å²) in [4.78, 5) is 2.64. The molecule has 18 heavy (non-hydrogen) atoms. The van der Waals surface area contributed by atoms with E-state index in [0.717, 1.165) is 17.9 Å². The van der Waals surface area contributed by atoms with Crippen molar-refractivity contribution >= 4 is 0 Å². The summed E-state index contributed by atoms with van der Waals surface area (Å²) in [5, 5.41) is 3.84. The zero-order valence-electron chi connectivity index (χ0n) is 12.5. The second-order valence-corrected chi connectivity index (χ2v) is 6.88. The average molecular weight is 252 g/mol. The summed E-state index contributed by atoms with van der Waals surface area (Å²) in [5.74, 6) is 1.80. The Labute approximate surface area is 114 Å². The van der Waals surface area contributed by atoms with Gasteiger partial charge in [-0.2, -0.15) is 0 Å². The highest BCUT2D eigenvalue weighted by Gasteiger charge is 2.20. The van der Waals surface area contributed by atoms with E-state index in [1.165, 1.54) is 71.1 Å². The van der Waals surface area contributed by atoms with Gasteiger partial charge in [-0.05, 0) is 57.2 Å². The molecule has 0 aromatic heterocycles. The molecule has 2 heteroatoms. The maximum atomic E-state index is 3.84. The lowest BCUT2D eigenvalue weighted by atomic mass is 9.89. The van der Waals surface area contributed by atoms with Crippen LogP contribution in [0, 0.1) is 11.8 Å². The number of nitrogens with zero attached hydrogens (tertiary/aromatic N) is 1. The van der Waals surface area contributed by atoms with E-state index in [1.807, 2.05) is 0 Å². The summed E-state index contributed by atoms with van der Waals surface area (Å²) in [5.41, 5.74) is 0. The predicted molar refractivity (Wildman–Crippen MR) is 78.9 cm³/mol. The van der Waals surface area contributed by atoms with Crippen molar-refractivity contribution in [3.63, 3.8) is 0 Å². The molecule has 2 aliphatic rings. The monoisotopic (exact) mass is 252 g/mol. The molecule has 0 amide bonds. The van der Waals surface area contributed by atoms with Gasteiger partial charge in [-0.15, -0.1) is 0 Å². The first-order valence-electron chi connectivity index (χ1n) is 8.20. The third kappa shape index (κ3) is 4.89. The van der Waals surface area contributed by atoms with Crippen LogP contribution in [0.15, 0.2) is 0 Å². The van der Waals surface area contributed by atoms with Crippen molar-refractivity contribution in [2.75, 3.05) is 26.2 Å². The van der Waals surface area contributed by atoms with Gasteiger partial charge in [0.25, 0.3) is 0 Å². The zero-order valence-corrected chi connectivity index (χ0v) is 12.5. The Kier molecular flexibility index (Phi) is 5.97. The summed E-state index contributed by atoms with van der Waals surface area (Å²) < 4.78 is 0. The van der Waals surface area contributed by atoms with Crippen LogP contribution in [0.25, 0.3) is 0 Å². The van der Waals surface area contributed by atoms with Crippen LogP contribution >= 0.6 is 0 Å². The third-order valence-corrected chi connectivity index (χ3v) is 4.63. The van der Waals surface area contributed by atoms with Crippen molar-refractivity contribution in [1.82, 2.24) is 10.2 Å². The van der Waals surface area contributed by atoms with E-state index < -0.39 is 0 Å². The van der Waals surface area contributed by atoms with Crippen LogP contribution in [0.2, 0.25) is 0 Å². The maximum Gasteiger partial charge on any atom is 0.00915 e. The molecule has 2 fully saturated rings. The molecule has 2 nitrogen and oxygen atoms in total. The van der Waals surface area contributed by atoms with E-state index in [-0.39, 0.29) is 0 Å². The van der Waals surface area contributed by atoms with Crippen molar-refractivity contribution < 1.29 is 0 Å². The second-order valence-electron chi connectivity index (χ2n) is 6.88. The molecular formula is C16H32N2. The van der Waals surface area contributed by atoms with Gasteiger partial charge in [0.1, 0.15) is 0 Å². The summed E-state index contributed by atoms with van der Waals surface area (Å²) in [6.07, 6.45) is 10.1. The van der Waals surface area contributed by atoms with Crippen molar-refractivity contribution in [3.05, 3.63) is 0 Å². The quantitative estimate of drug-likeness (QED) is 0.808. The lowest BCUT2D eigenvalue weighted by Gasteiger charge is -2.34. The molecule has 0 aromatic rings. The van der Waals surface area contributed by atoms with Crippen LogP contribution in [-0.4, -0.2) is 37.1 Å². The van der Waals surface area contributed by atoms with Gasteiger partial charge in [-0.3, -0.25) is 0 Å². The summed E-state index contributed by atoms with van der Waals surface area (Å²) in [6, 6.07) is 0.801. The molecule has 1 aliphatic carbocycles. The van der Waals surface area contributed by atoms with E-state index in [1.54, 1.807) is 0 Å². The number of piperidine rings is 1. The topological polar surface area (TPSA) is 15.3 Å². The van der Waals surface area contributed by atoms with Gasteiger partial charge in [0.05, 0.1) is 0 Å². The molecule has 1 saturated heterocycles. The highest BCUT2D eigenvalue weighted by atomic mass is 15.1. The Morgan fingerprint density at radius 1 is 1.00 bits per heavy atom. The lowest BCUT2D eigenvalue weighted by Crippen LogP contribution is -2.44. The number of hydrogen-bond acceptors (Lipinski definition) is 2. The smallest absolute Gasteiger partial charge is 0.00915 e. The summed E-state index contributed by atoms with van der Waals surface area (Å²) in [6.45, 7) is 9.84. The highest BCUT2D eigenvalue weighted by Crippen LogP contribution is 2.23. The van der Waals surface area contributed by atoms with Gasteiger partial charge in [0, 0.05) is 12.6 Å². The fraction of sp³-hybridized carbons (Fsp3) is 1.00. The van der Waals surface area contributed by atoms with Crippen LogP contribution in [0.5, 0.6) is 0 Å². The first-order chi connectivity index (χ1) is 8.74. The molecule has 0 spiro atoms. The van der Waals surface area contributed by atoms with E-state index >= 15 is 0 Å². The minimum atomic E-state index is 0.801. The summed E-state index contributed by atoms with van der Waals surface area (Å²) in [7, 11) is 0. The van der Waals surface area contributed by atoms with Crippen LogP contribution < -0.4 is 5.32 Å². The first kappa shape index (κ1) is 14.3. The van der Waals surface area contributed by atoms with Gasteiger partial charge in [-0.1, -0.05) is 33.1 Å². The van der Waals surface area contributed by atoms with Crippen molar-refractivity contribution in [1.29, 1.82) is 0 Å². The Morgan fingerprint density at radius 2 is 1.67 bits per heavy atom. The molecule has 0 unspecified atom stereocenters. The second kappa shape index (κ2) is 7.49. The van der Waals surface area contributed by atoms with Crippen LogP contribution in [0.4, 0.5) is 0 Å². The first-order valence-corrected chi connectivity index (χ1v) is 8.20. The molecule has 1 saturated carbocycles. The van der Waals surface area contributed by atoms with Crippen molar-refractivity contribution in [3.8, 4) is 0 Å². The molecular weight excluding hydrogens is 220 g/mol. The molecule has 1 heterocycles. The van der Waals surface area contributed by atoms with E-state index in [9.17, 15) is 0 Å². The van der Waals surface area contributed by atoms with Crippen molar-refractivity contribution in [2.24, 2.45) is 11.8 Å². The Bertz CT molecular complexity index is 213. The summed E-state index contributed by atoms with van der Waals surface area (Å²) >= 11 is 0. The van der Waals surface area contributed by atoms with Gasteiger partial charge in [0.2, 0.25) is 0 Å². The fourth-order valence-corrected chi connectivity index (χ4v) is 3.56. The largest absolute Gasteiger partial charge is 0.314 e. The molecule has 106 valence electrons. The van der Waals surface area contributed by atoms with E-state index in [4.69, 9.17) is 0 Å². The molecule has 1 aliphatic heterocycles. The number of nitrogens with one attached hydrogen (secondary N) is 1. The van der Waals surface area contributed by atoms with E-state index in [0.29, 0.717) is 0 Å². The lowest BCUT2D eigenvalue weighted by molar-refractivity contribution is 0.175. The van der Waals surface area contributed by atoms with Gasteiger partial charge in [0.15, 0.2) is 0 Å². The third-order valence-electron chi connectivity index (χ3n) is 4.63. The minimum Gasteiger partial charge on any atom is -0.314 e. The molecule has 0 atom stereocenters. The Balaban J connectivity index is 1.58. The van der Waals surface area contributed by atoms with Gasteiger partial charge in [-0.25, -0.2) is 0 Å². The standard InChI is InChI=1S/C16H32N2/c1-14(2)13-18-10-8-16(9-11-18)17-12-15-6-4-3-5-7-15/h14-17H,3-13H2,1-2H3. The van der Waals surface area contributed by atoms with Crippen LogP contribution in [-0.2, 0) is 0 Å². The Hall–Kier alpha value is -0.0800. The average Bonchev–Trinajstić information content (AvgIpc) is 2.38. The molecule has 0 bridgehead atoms. The fourth-order valence-electron chi connectivity index (χ4n) is 3.56. The molecule has 0 radical (unpaired) electrons. The van der Waals surface area contributed by atoms with Gasteiger partial charge >= 0.3 is 0 Å². The predicted octanol–water partition coefficient (Wildman–Crippen LogP) is 3.28. The van der Waals surface area contributed by atoms with E-state index in [2.05, 4.69) is 24.1 Å². The number of rotatable bonds is 5. The normalized spacial score (nSPS) is 24.8. The number of hydrogen-bond donors (Lipinski definition) is 1. The maximum absolute atomic E-state index is 3.84. The SMILES string of the molecule is CC(C)CN1CCC(NCC2CCCCC2)CC1. The van der Waals surface area contributed by atoms with Crippen LogP contribution in [0.1, 0.15) is 58.8 Å². The minimum absolute atomic E-state index is 0.801. The molecule has 2 rings (SSSR count). The molecule has 0 aromatic carbocycles. The Morgan fingerprint density at radius 3 is 2.28 bits per heavy atom. The van der Waals surface area contributed by atoms with Gasteiger partial charge < -0.3 is 10.2 Å².